The van der Waals surface area contributed by atoms with E-state index < -0.39 is 12.6 Å². The lowest BCUT2D eigenvalue weighted by Crippen LogP contribution is -2.39. The molecule has 2 aromatic heterocycles. The van der Waals surface area contributed by atoms with Crippen LogP contribution in [0.2, 0.25) is 0 Å². The molecule has 0 bridgehead atoms. The molecule has 2 aliphatic rings. The zero-order valence-electron chi connectivity index (χ0n) is 19.6. The molecule has 0 aromatic carbocycles. The van der Waals surface area contributed by atoms with Crippen LogP contribution in [0.5, 0.6) is 5.88 Å². The van der Waals surface area contributed by atoms with Crippen molar-refractivity contribution in [3.8, 4) is 5.88 Å². The molecule has 2 aromatic rings. The number of nitrogens with zero attached hydrogens (tertiary/aromatic N) is 5. The van der Waals surface area contributed by atoms with E-state index in [4.69, 9.17) is 4.74 Å². The van der Waals surface area contributed by atoms with Crippen LogP contribution in [0.15, 0.2) is 29.7 Å². The molecule has 2 fully saturated rings. The second-order valence-electron chi connectivity index (χ2n) is 8.42. The topological polar surface area (TPSA) is 54.4 Å². The molecule has 4 rings (SSSR count). The van der Waals surface area contributed by atoms with Gasteiger partial charge in [0.1, 0.15) is 17.2 Å². The van der Waals surface area contributed by atoms with Gasteiger partial charge in [-0.05, 0) is 44.0 Å². The van der Waals surface area contributed by atoms with Crippen LogP contribution in [0, 0.1) is 18.8 Å². The summed E-state index contributed by atoms with van der Waals surface area (Å²) in [7, 11) is 1.69. The van der Waals surface area contributed by atoms with E-state index in [2.05, 4.69) is 44.0 Å². The van der Waals surface area contributed by atoms with E-state index in [1.165, 1.54) is 17.5 Å². The van der Waals surface area contributed by atoms with Crippen molar-refractivity contribution >= 4 is 17.6 Å². The van der Waals surface area contributed by atoms with E-state index in [9.17, 15) is 13.2 Å². The number of thioether (sulfide) groups is 1. The molecule has 33 heavy (non-hydrogen) atoms. The Kier molecular flexibility index (Phi) is 8.81. The van der Waals surface area contributed by atoms with Crippen molar-refractivity contribution in [3.05, 3.63) is 35.8 Å². The summed E-state index contributed by atoms with van der Waals surface area (Å²) in [5.74, 6) is 3.30. The number of hydrogen-bond donors (Lipinski definition) is 0. The Morgan fingerprint density at radius 3 is 2.55 bits per heavy atom. The number of halogens is 3. The highest BCUT2D eigenvalue weighted by Crippen LogP contribution is 2.36. The van der Waals surface area contributed by atoms with E-state index in [-0.39, 0.29) is 0 Å². The Balaban J connectivity index is 0.000000454. The molecular formula is C23H32F3N5OS. The molecular weight excluding hydrogens is 451 g/mol. The molecule has 0 unspecified atom stereocenters. The fourth-order valence-electron chi connectivity index (χ4n) is 4.48. The van der Waals surface area contributed by atoms with E-state index in [1.807, 2.05) is 6.07 Å². The zero-order valence-corrected chi connectivity index (χ0v) is 20.4. The van der Waals surface area contributed by atoms with Gasteiger partial charge >= 0.3 is 6.18 Å². The number of pyridine rings is 1. The molecule has 4 heterocycles. The molecule has 0 amide bonds. The maximum atomic E-state index is 10.8. The first kappa shape index (κ1) is 25.6. The molecule has 2 atom stereocenters. The summed E-state index contributed by atoms with van der Waals surface area (Å²) in [6, 6.07) is 4.11. The number of hydrogen-bond acceptors (Lipinski definition) is 7. The minimum absolute atomic E-state index is 0.688. The van der Waals surface area contributed by atoms with Crippen molar-refractivity contribution in [1.82, 2.24) is 19.9 Å². The Bertz CT molecular complexity index is 914. The van der Waals surface area contributed by atoms with Crippen LogP contribution in [0.4, 0.5) is 19.0 Å². The first-order valence-electron chi connectivity index (χ1n) is 11.1. The molecule has 0 saturated carbocycles. The van der Waals surface area contributed by atoms with Crippen molar-refractivity contribution in [2.24, 2.45) is 11.8 Å². The minimum atomic E-state index is -3.96. The molecule has 6 nitrogen and oxygen atoms in total. The highest BCUT2D eigenvalue weighted by molar-refractivity contribution is 7.98. The highest BCUT2D eigenvalue weighted by Gasteiger charge is 2.38. The van der Waals surface area contributed by atoms with E-state index >= 15 is 0 Å². The quantitative estimate of drug-likeness (QED) is 0.446. The van der Waals surface area contributed by atoms with E-state index in [0.29, 0.717) is 5.92 Å². The second kappa shape index (κ2) is 11.4. The normalized spacial score (nSPS) is 20.8. The number of likely N-dealkylation sites (tertiary alicyclic amines) is 1. The average Bonchev–Trinajstić information content (AvgIpc) is 3.22. The largest absolute Gasteiger partial charge is 0.481 e. The van der Waals surface area contributed by atoms with Gasteiger partial charge in [0, 0.05) is 49.9 Å². The van der Waals surface area contributed by atoms with Gasteiger partial charge in [0.2, 0.25) is 5.88 Å². The van der Waals surface area contributed by atoms with Crippen molar-refractivity contribution in [2.75, 3.05) is 44.4 Å². The van der Waals surface area contributed by atoms with Crippen LogP contribution < -0.4 is 9.64 Å². The average molecular weight is 484 g/mol. The number of fused-ring (bicyclic) bond motifs is 1. The summed E-state index contributed by atoms with van der Waals surface area (Å²) in [5, 5.41) is 1.08. The van der Waals surface area contributed by atoms with Gasteiger partial charge in [0.25, 0.3) is 0 Å². The molecule has 10 heteroatoms. The van der Waals surface area contributed by atoms with Crippen LogP contribution in [0.25, 0.3) is 0 Å². The Labute approximate surface area is 198 Å². The summed E-state index contributed by atoms with van der Waals surface area (Å²) in [6.07, 6.45) is 2.12. The van der Waals surface area contributed by atoms with E-state index in [0.717, 1.165) is 62.3 Å². The van der Waals surface area contributed by atoms with Gasteiger partial charge in [-0.15, -0.1) is 11.8 Å². The lowest BCUT2D eigenvalue weighted by molar-refractivity contribution is -0.130. The number of alkyl halides is 3. The number of rotatable bonds is 5. The number of aromatic nitrogens is 3. The summed E-state index contributed by atoms with van der Waals surface area (Å²) < 4.78 is 37.8. The summed E-state index contributed by atoms with van der Waals surface area (Å²) in [6.45, 7) is 8.58. The number of piperidine rings is 1. The SMILES string of the molecule is CCC(F)(F)F.COc1ncccc1CN1CC[C@@H]2CN(c3ncnc(SC)c3C)C[C@@H]2C1. The Morgan fingerprint density at radius 2 is 1.88 bits per heavy atom. The fourth-order valence-corrected chi connectivity index (χ4v) is 5.03. The number of methoxy groups -OCH3 is 1. The third-order valence-corrected chi connectivity index (χ3v) is 7.03. The monoisotopic (exact) mass is 483 g/mol. The Morgan fingerprint density at radius 1 is 1.15 bits per heavy atom. The van der Waals surface area contributed by atoms with Gasteiger partial charge in [-0.3, -0.25) is 4.90 Å². The first-order valence-corrected chi connectivity index (χ1v) is 12.4. The highest BCUT2D eigenvalue weighted by atomic mass is 32.2. The molecule has 0 radical (unpaired) electrons. The van der Waals surface area contributed by atoms with E-state index in [1.54, 1.807) is 31.4 Å². The molecule has 0 aliphatic carbocycles. The van der Waals surface area contributed by atoms with Gasteiger partial charge in [-0.25, -0.2) is 15.0 Å². The van der Waals surface area contributed by atoms with Gasteiger partial charge < -0.3 is 9.64 Å². The van der Waals surface area contributed by atoms with Crippen molar-refractivity contribution in [2.45, 2.75) is 44.4 Å². The van der Waals surface area contributed by atoms with Crippen LogP contribution >= 0.6 is 11.8 Å². The predicted octanol–water partition coefficient (Wildman–Crippen LogP) is 4.83. The minimum Gasteiger partial charge on any atom is -0.481 e. The number of anilines is 1. The van der Waals surface area contributed by atoms with Crippen molar-refractivity contribution in [1.29, 1.82) is 0 Å². The van der Waals surface area contributed by atoms with Gasteiger partial charge in [-0.2, -0.15) is 13.2 Å². The van der Waals surface area contributed by atoms with Gasteiger partial charge in [-0.1, -0.05) is 13.0 Å². The smallest absolute Gasteiger partial charge is 0.388 e. The lowest BCUT2D eigenvalue weighted by atomic mass is 9.88. The Hall–Kier alpha value is -2.07. The van der Waals surface area contributed by atoms with Crippen LogP contribution in [-0.4, -0.2) is 65.6 Å². The number of ether oxygens (including phenoxy) is 1. The predicted molar refractivity (Wildman–Crippen MR) is 125 cm³/mol. The van der Waals surface area contributed by atoms with Gasteiger partial charge in [0.15, 0.2) is 0 Å². The standard InChI is InChI=1S/C20H27N5OS.C3H5F3/c1-14-18(22-13-23-20(14)27-3)25-11-15-6-8-24(10-17(15)12-25)9-16-5-4-7-21-19(16)26-2;1-2-3(4,5)6/h4-5,7,13,15,17H,6,8-12H2,1-3H3;2H2,1H3/t15-,17+;/m1./s1. The van der Waals surface area contributed by atoms with Crippen LogP contribution in [-0.2, 0) is 6.54 Å². The molecule has 0 spiro atoms. The lowest BCUT2D eigenvalue weighted by Gasteiger charge is -2.34. The molecule has 182 valence electrons. The maximum absolute atomic E-state index is 10.8. The third kappa shape index (κ3) is 6.72. The second-order valence-corrected chi connectivity index (χ2v) is 9.22. The zero-order chi connectivity index (χ0) is 24.0. The fraction of sp³-hybridized carbons (Fsp3) is 0.609. The van der Waals surface area contributed by atoms with Crippen molar-refractivity contribution in [3.63, 3.8) is 0 Å². The molecule has 2 aliphatic heterocycles. The van der Waals surface area contributed by atoms with Gasteiger partial charge in [0.05, 0.1) is 7.11 Å². The molecule has 0 N–H and O–H groups in total. The summed E-state index contributed by atoms with van der Waals surface area (Å²) >= 11 is 1.70. The maximum Gasteiger partial charge on any atom is 0.388 e. The summed E-state index contributed by atoms with van der Waals surface area (Å²) in [5.41, 5.74) is 2.38. The third-order valence-electron chi connectivity index (χ3n) is 6.23. The van der Waals surface area contributed by atoms with Crippen molar-refractivity contribution < 1.29 is 17.9 Å². The molecule has 2 saturated heterocycles. The summed E-state index contributed by atoms with van der Waals surface area (Å²) in [4.78, 5) is 18.3. The van der Waals surface area contributed by atoms with Crippen LogP contribution in [0.1, 0.15) is 30.9 Å². The first-order chi connectivity index (χ1) is 15.8. The van der Waals surface area contributed by atoms with Crippen LogP contribution in [0.3, 0.4) is 0 Å².